The van der Waals surface area contributed by atoms with E-state index in [1.807, 2.05) is 6.92 Å². The van der Waals surface area contributed by atoms with Gasteiger partial charge in [0.05, 0.1) is 4.92 Å². The summed E-state index contributed by atoms with van der Waals surface area (Å²) >= 11 is 7.11. The summed E-state index contributed by atoms with van der Waals surface area (Å²) in [4.78, 5) is 13.6. The van der Waals surface area contributed by atoms with Crippen molar-refractivity contribution < 1.29 is 13.3 Å². The number of nitrogens with zero attached hydrogens (tertiary/aromatic N) is 2. The van der Waals surface area contributed by atoms with Gasteiger partial charge in [-0.1, -0.05) is 15.9 Å². The van der Waals surface area contributed by atoms with E-state index in [0.29, 0.717) is 20.3 Å². The summed E-state index contributed by atoms with van der Waals surface area (Å²) in [6.45, 7) is 1.82. The van der Waals surface area contributed by atoms with E-state index < -0.39 is 14.9 Å². The SMILES string of the molecule is Cc1cc(Br)c(S(=O)(=O)Nc2ncc([N+](=O)[O-])s2)cc1Br. The van der Waals surface area contributed by atoms with Crippen molar-refractivity contribution in [3.05, 3.63) is 43.0 Å². The molecule has 0 atom stereocenters. The fourth-order valence-electron chi connectivity index (χ4n) is 1.40. The third-order valence-corrected chi connectivity index (χ3v) is 6.54. The quantitative estimate of drug-likeness (QED) is 0.558. The van der Waals surface area contributed by atoms with Crippen molar-refractivity contribution in [2.45, 2.75) is 11.8 Å². The van der Waals surface area contributed by atoms with Crippen molar-refractivity contribution in [2.24, 2.45) is 0 Å². The minimum absolute atomic E-state index is 0.0119. The molecule has 0 fully saturated rings. The van der Waals surface area contributed by atoms with E-state index in [1.165, 1.54) is 6.07 Å². The Morgan fingerprint density at radius 1 is 1.33 bits per heavy atom. The summed E-state index contributed by atoms with van der Waals surface area (Å²) in [5.41, 5.74) is 0.866. The maximum absolute atomic E-state index is 12.3. The van der Waals surface area contributed by atoms with E-state index in [9.17, 15) is 18.5 Å². The Morgan fingerprint density at radius 2 is 2.00 bits per heavy atom. The fourth-order valence-corrected chi connectivity index (χ4v) is 4.95. The Kier molecular flexibility index (Phi) is 4.66. The number of hydrogen-bond donors (Lipinski definition) is 1. The molecule has 0 aliphatic heterocycles. The van der Waals surface area contributed by atoms with Crippen molar-refractivity contribution in [1.82, 2.24) is 4.98 Å². The van der Waals surface area contributed by atoms with Crippen molar-refractivity contribution in [1.29, 1.82) is 0 Å². The Labute approximate surface area is 140 Å². The van der Waals surface area contributed by atoms with Crippen LogP contribution in [0.1, 0.15) is 5.56 Å². The van der Waals surface area contributed by atoms with E-state index >= 15 is 0 Å². The zero-order chi connectivity index (χ0) is 15.8. The molecule has 1 heterocycles. The Morgan fingerprint density at radius 3 is 2.57 bits per heavy atom. The number of aromatic nitrogens is 1. The van der Waals surface area contributed by atoms with E-state index in [0.717, 1.165) is 11.8 Å². The molecule has 0 radical (unpaired) electrons. The monoisotopic (exact) mass is 455 g/mol. The minimum Gasteiger partial charge on any atom is -0.257 e. The molecule has 0 aliphatic carbocycles. The summed E-state index contributed by atoms with van der Waals surface area (Å²) in [6, 6.07) is 3.10. The fraction of sp³-hybridized carbons (Fsp3) is 0.100. The van der Waals surface area contributed by atoms with Crippen LogP contribution in [-0.4, -0.2) is 18.3 Å². The first-order chi connectivity index (χ1) is 9.70. The van der Waals surface area contributed by atoms with E-state index in [1.54, 1.807) is 6.07 Å². The highest BCUT2D eigenvalue weighted by Gasteiger charge is 2.22. The van der Waals surface area contributed by atoms with Crippen LogP contribution in [0.15, 0.2) is 32.2 Å². The summed E-state index contributed by atoms with van der Waals surface area (Å²) in [5.74, 6) is 0. The van der Waals surface area contributed by atoms with Gasteiger partial charge >= 0.3 is 5.00 Å². The van der Waals surface area contributed by atoms with Gasteiger partial charge in [-0.3, -0.25) is 14.8 Å². The Balaban J connectivity index is 2.38. The molecule has 1 aromatic heterocycles. The van der Waals surface area contributed by atoms with Crippen molar-refractivity contribution in [3.8, 4) is 0 Å². The third-order valence-electron chi connectivity index (χ3n) is 2.40. The van der Waals surface area contributed by atoms with Gasteiger partial charge in [0.15, 0.2) is 0 Å². The van der Waals surface area contributed by atoms with Crippen LogP contribution in [0, 0.1) is 17.0 Å². The van der Waals surface area contributed by atoms with Gasteiger partial charge in [-0.25, -0.2) is 13.4 Å². The van der Waals surface area contributed by atoms with Crippen LogP contribution < -0.4 is 4.72 Å². The average Bonchev–Trinajstić information content (AvgIpc) is 2.81. The number of thiazole rings is 1. The summed E-state index contributed by atoms with van der Waals surface area (Å²) in [6.07, 6.45) is 1.00. The number of sulfonamides is 1. The standard InChI is InChI=1S/C10H7Br2N3O4S2/c1-5-2-7(12)8(3-6(5)11)21(18,19)14-10-13-4-9(20-10)15(16)17/h2-4H,1H3,(H,13,14). The number of benzene rings is 1. The minimum atomic E-state index is -3.90. The van der Waals surface area contributed by atoms with Gasteiger partial charge in [0.25, 0.3) is 10.0 Å². The highest BCUT2D eigenvalue weighted by Crippen LogP contribution is 2.32. The normalized spacial score (nSPS) is 11.4. The number of nitro groups is 1. The maximum Gasteiger partial charge on any atom is 0.345 e. The molecule has 0 aliphatic rings. The molecule has 0 saturated heterocycles. The lowest BCUT2D eigenvalue weighted by Crippen LogP contribution is -2.13. The predicted molar refractivity (Wildman–Crippen MR) is 86.2 cm³/mol. The number of nitrogens with one attached hydrogen (secondary N) is 1. The first-order valence-electron chi connectivity index (χ1n) is 5.29. The topological polar surface area (TPSA) is 102 Å². The molecule has 2 rings (SSSR count). The molecule has 2 aromatic rings. The van der Waals surface area contributed by atoms with Gasteiger partial charge in [0.2, 0.25) is 5.13 Å². The number of halogens is 2. The Hall–Kier alpha value is -1.04. The second kappa shape index (κ2) is 5.99. The number of rotatable bonds is 4. The maximum atomic E-state index is 12.3. The van der Waals surface area contributed by atoms with Crippen LogP contribution in [0.4, 0.5) is 10.1 Å². The Bertz CT molecular complexity index is 820. The summed E-state index contributed by atoms with van der Waals surface area (Å²) < 4.78 is 27.8. The number of aryl methyl sites for hydroxylation is 1. The van der Waals surface area contributed by atoms with Crippen molar-refractivity contribution >= 4 is 63.4 Å². The molecular weight excluding hydrogens is 450 g/mol. The molecular formula is C10H7Br2N3O4S2. The van der Waals surface area contributed by atoms with E-state index in [4.69, 9.17) is 0 Å². The highest BCUT2D eigenvalue weighted by atomic mass is 79.9. The van der Waals surface area contributed by atoms with Gasteiger partial charge < -0.3 is 0 Å². The lowest BCUT2D eigenvalue weighted by molar-refractivity contribution is -0.380. The van der Waals surface area contributed by atoms with Crippen LogP contribution in [-0.2, 0) is 10.0 Å². The smallest absolute Gasteiger partial charge is 0.257 e. The summed E-state index contributed by atoms with van der Waals surface area (Å²) in [7, 11) is -3.90. The van der Waals surface area contributed by atoms with Crippen LogP contribution >= 0.6 is 43.2 Å². The number of anilines is 1. The highest BCUT2D eigenvalue weighted by molar-refractivity contribution is 9.11. The lowest BCUT2D eigenvalue weighted by Gasteiger charge is -2.09. The van der Waals surface area contributed by atoms with Gasteiger partial charge in [-0.05, 0) is 51.9 Å². The molecule has 0 bridgehead atoms. The van der Waals surface area contributed by atoms with Crippen LogP contribution in [0.5, 0.6) is 0 Å². The van der Waals surface area contributed by atoms with Gasteiger partial charge in [0.1, 0.15) is 11.1 Å². The predicted octanol–water partition coefficient (Wildman–Crippen LogP) is 3.69. The molecule has 0 amide bonds. The summed E-state index contributed by atoms with van der Waals surface area (Å²) in [5, 5.41) is 10.3. The van der Waals surface area contributed by atoms with Crippen LogP contribution in [0.3, 0.4) is 0 Å². The molecule has 0 spiro atoms. The van der Waals surface area contributed by atoms with Gasteiger partial charge in [-0.15, -0.1) is 0 Å². The largest absolute Gasteiger partial charge is 0.345 e. The molecule has 0 unspecified atom stereocenters. The molecule has 0 saturated carbocycles. The van der Waals surface area contributed by atoms with Gasteiger partial charge in [-0.2, -0.15) is 0 Å². The zero-order valence-electron chi connectivity index (χ0n) is 10.3. The molecule has 1 N–H and O–H groups in total. The molecule has 21 heavy (non-hydrogen) atoms. The van der Waals surface area contributed by atoms with Crippen LogP contribution in [0.2, 0.25) is 0 Å². The molecule has 112 valence electrons. The zero-order valence-corrected chi connectivity index (χ0v) is 15.1. The third kappa shape index (κ3) is 3.59. The van der Waals surface area contributed by atoms with Crippen LogP contribution in [0.25, 0.3) is 0 Å². The molecule has 7 nitrogen and oxygen atoms in total. The molecule has 1 aromatic carbocycles. The second-order valence-electron chi connectivity index (χ2n) is 3.90. The molecule has 11 heteroatoms. The second-order valence-corrected chi connectivity index (χ2v) is 8.27. The van der Waals surface area contributed by atoms with E-state index in [-0.39, 0.29) is 15.0 Å². The average molecular weight is 457 g/mol. The van der Waals surface area contributed by atoms with Gasteiger partial charge in [0, 0.05) is 8.95 Å². The first kappa shape index (κ1) is 16.3. The van der Waals surface area contributed by atoms with Crippen molar-refractivity contribution in [2.75, 3.05) is 4.72 Å². The van der Waals surface area contributed by atoms with E-state index in [2.05, 4.69) is 41.6 Å². The number of hydrogen-bond acceptors (Lipinski definition) is 6. The lowest BCUT2D eigenvalue weighted by atomic mass is 10.2. The van der Waals surface area contributed by atoms with Crippen molar-refractivity contribution in [3.63, 3.8) is 0 Å². The first-order valence-corrected chi connectivity index (χ1v) is 9.18.